The van der Waals surface area contributed by atoms with Crippen molar-refractivity contribution in [2.75, 3.05) is 13.1 Å². The maximum Gasteiger partial charge on any atom is 0.226 e. The van der Waals surface area contributed by atoms with Gasteiger partial charge in [0.15, 0.2) is 5.82 Å². The summed E-state index contributed by atoms with van der Waals surface area (Å²) in [6.07, 6.45) is 3.01. The van der Waals surface area contributed by atoms with Crippen molar-refractivity contribution in [3.05, 3.63) is 79.8 Å². The monoisotopic (exact) mass is 744 g/mol. The fraction of sp³-hybridized carbons (Fsp3) is 0.436. The number of carbonyl (C=O) groups is 1. The zero-order chi connectivity index (χ0) is 36.9. The number of halogens is 3. The number of nitriles is 1. The van der Waals surface area contributed by atoms with Crippen LogP contribution in [0.25, 0.3) is 32.9 Å². The Labute approximate surface area is 312 Å². The van der Waals surface area contributed by atoms with Gasteiger partial charge in [-0.05, 0) is 86.8 Å². The molecule has 3 aliphatic heterocycles. The van der Waals surface area contributed by atoms with Crippen molar-refractivity contribution < 1.29 is 16.7 Å². The lowest BCUT2D eigenvalue weighted by atomic mass is 9.79. The first kappa shape index (κ1) is 31.0. The van der Waals surface area contributed by atoms with Crippen LogP contribution in [0.5, 0.6) is 0 Å². The fourth-order valence-corrected chi connectivity index (χ4v) is 9.52. The van der Waals surface area contributed by atoms with Gasteiger partial charge in [-0.1, -0.05) is 35.3 Å². The molecule has 51 heavy (non-hydrogen) atoms. The standard InChI is InChI=1S/C39H37Cl2FN6O2S/c1-19-11-24(46-51-19)18-50-25-14-31(47(17-25)39(49)21-8-9-21)32-15-27-20(2)45-36-28(38(27)48(32)37-23-13-30(37)44-16-23)12-22(5-4-10-43)33(35(36)42)26-6-3-7-29(40)34(26)41/h3,6-7,11-12,15,21,23,25,30-31,37,44H,4-5,8-9,13-14,16-18H2,1-2H3/i18D2. The first-order valence-electron chi connectivity index (χ1n) is 18.6. The van der Waals surface area contributed by atoms with Gasteiger partial charge in [-0.2, -0.15) is 9.64 Å². The first-order chi connectivity index (χ1) is 25.4. The van der Waals surface area contributed by atoms with Gasteiger partial charge in [-0.3, -0.25) is 4.79 Å². The average molecular weight is 746 g/mol. The summed E-state index contributed by atoms with van der Waals surface area (Å²) in [5, 5.41) is 15.3. The molecule has 5 atom stereocenters. The molecular weight excluding hydrogens is 706 g/mol. The summed E-state index contributed by atoms with van der Waals surface area (Å²) in [5.74, 6) is -0.155. The summed E-state index contributed by atoms with van der Waals surface area (Å²) in [4.78, 5) is 21.7. The van der Waals surface area contributed by atoms with Crippen molar-refractivity contribution in [1.29, 1.82) is 5.26 Å². The number of rotatable bonds is 9. The summed E-state index contributed by atoms with van der Waals surface area (Å²) in [6, 6.07) is 13.0. The molecule has 6 heterocycles. The van der Waals surface area contributed by atoms with Crippen molar-refractivity contribution >= 4 is 62.4 Å². The molecule has 5 aliphatic rings. The van der Waals surface area contributed by atoms with E-state index < -0.39 is 24.5 Å². The molecule has 1 amide bonds. The van der Waals surface area contributed by atoms with Crippen LogP contribution in [0.2, 0.25) is 10.0 Å². The van der Waals surface area contributed by atoms with Crippen LogP contribution in [0, 0.1) is 42.8 Å². The number of carbonyl (C=O) groups excluding carboxylic acids is 1. The molecule has 262 valence electrons. The lowest BCUT2D eigenvalue weighted by Gasteiger charge is -2.39. The van der Waals surface area contributed by atoms with Crippen LogP contribution in [-0.4, -0.2) is 50.0 Å². The summed E-state index contributed by atoms with van der Waals surface area (Å²) >= 11 is 14.3. The van der Waals surface area contributed by atoms with Crippen LogP contribution in [-0.2, 0) is 22.5 Å². The summed E-state index contributed by atoms with van der Waals surface area (Å²) in [7, 11) is 0. The Bertz CT molecular complexity index is 2360. The molecule has 5 unspecified atom stereocenters. The third kappa shape index (κ3) is 5.55. The molecular formula is C39H37Cl2FN6O2S. The van der Waals surface area contributed by atoms with Gasteiger partial charge in [-0.15, -0.1) is 0 Å². The lowest BCUT2D eigenvalue weighted by Crippen LogP contribution is -2.41. The Morgan fingerprint density at radius 1 is 1.22 bits per heavy atom. The number of nitrogens with zero attached hydrogens (tertiary/aromatic N) is 5. The highest BCUT2D eigenvalue weighted by Gasteiger charge is 2.51. The van der Waals surface area contributed by atoms with E-state index in [-0.39, 0.29) is 58.7 Å². The minimum absolute atomic E-state index is 0.0497. The van der Waals surface area contributed by atoms with Crippen LogP contribution in [0.3, 0.4) is 0 Å². The highest BCUT2D eigenvalue weighted by atomic mass is 35.5. The zero-order valence-corrected chi connectivity index (χ0v) is 30.5. The van der Waals surface area contributed by atoms with Gasteiger partial charge in [0, 0.05) is 76.1 Å². The SMILES string of the molecule is [2H]C([2H])(OC1CC(c2cc3c(C)nc4c(F)c(-c5cccc(Cl)c5Cl)c(CCC#N)cc4c3n2C2C3CNC2C3)N(C(=O)C2CC2)C1)c1cc(C)sn1. The number of hydrogen-bond donors (Lipinski definition) is 1. The number of benzene rings is 2. The maximum atomic E-state index is 17.2. The smallest absolute Gasteiger partial charge is 0.226 e. The van der Waals surface area contributed by atoms with Crippen LogP contribution < -0.4 is 5.32 Å². The van der Waals surface area contributed by atoms with Gasteiger partial charge < -0.3 is 19.5 Å². The number of pyridine rings is 1. The molecule has 10 rings (SSSR count). The van der Waals surface area contributed by atoms with Crippen LogP contribution in [0.1, 0.15) is 74.5 Å². The molecule has 5 aromatic rings. The van der Waals surface area contributed by atoms with Gasteiger partial charge in [0.05, 0.1) is 54.8 Å². The number of amides is 1. The number of aryl methyl sites for hydroxylation is 3. The molecule has 8 nitrogen and oxygen atoms in total. The van der Waals surface area contributed by atoms with E-state index in [9.17, 15) is 10.1 Å². The molecule has 2 aromatic carbocycles. The Morgan fingerprint density at radius 2 is 2.06 bits per heavy atom. The van der Waals surface area contributed by atoms with Crippen molar-refractivity contribution in [3.63, 3.8) is 0 Å². The predicted octanol–water partition coefficient (Wildman–Crippen LogP) is 8.63. The molecule has 3 aromatic heterocycles. The van der Waals surface area contributed by atoms with Gasteiger partial charge in [-0.25, -0.2) is 9.37 Å². The van der Waals surface area contributed by atoms with E-state index in [0.29, 0.717) is 46.0 Å². The van der Waals surface area contributed by atoms with Crippen molar-refractivity contribution in [2.45, 2.75) is 83.2 Å². The van der Waals surface area contributed by atoms with Crippen molar-refractivity contribution in [1.82, 2.24) is 24.1 Å². The van der Waals surface area contributed by atoms with E-state index in [0.717, 1.165) is 47.3 Å². The fourth-order valence-electron chi connectivity index (χ4n) is 8.63. The number of ether oxygens (including phenoxy) is 1. The molecule has 3 saturated heterocycles. The Kier molecular flexibility index (Phi) is 7.79. The van der Waals surface area contributed by atoms with Gasteiger partial charge in [0.25, 0.3) is 0 Å². The normalized spacial score (nSPS) is 24.9. The summed E-state index contributed by atoms with van der Waals surface area (Å²) in [5.41, 5.74) is 4.23. The molecule has 5 fully saturated rings. The Hall–Kier alpha value is -3.59. The van der Waals surface area contributed by atoms with Crippen LogP contribution >= 0.6 is 34.7 Å². The number of hydrogen-bond acceptors (Lipinski definition) is 7. The zero-order valence-electron chi connectivity index (χ0n) is 30.2. The van der Waals surface area contributed by atoms with E-state index in [1.807, 2.05) is 24.8 Å². The minimum Gasteiger partial charge on any atom is -0.370 e. The highest BCUT2D eigenvalue weighted by molar-refractivity contribution is 7.05. The topological polar surface area (TPSA) is 96.1 Å². The second-order valence-electron chi connectivity index (χ2n) is 14.5. The van der Waals surface area contributed by atoms with Crippen molar-refractivity contribution in [2.24, 2.45) is 11.8 Å². The third-order valence-corrected chi connectivity index (χ3v) is 12.7. The summed E-state index contributed by atoms with van der Waals surface area (Å²) < 4.78 is 47.6. The maximum absolute atomic E-state index is 17.2. The number of nitrogens with one attached hydrogen (secondary N) is 1. The Balaban J connectivity index is 1.24. The summed E-state index contributed by atoms with van der Waals surface area (Å²) in [6.45, 7) is 2.77. The molecule has 2 bridgehead atoms. The quantitative estimate of drug-likeness (QED) is 0.162. The number of likely N-dealkylation sites (tertiary alicyclic amines) is 1. The third-order valence-electron chi connectivity index (χ3n) is 11.2. The second-order valence-corrected chi connectivity index (χ2v) is 16.3. The van der Waals surface area contributed by atoms with Gasteiger partial charge >= 0.3 is 0 Å². The molecule has 1 N–H and O–H groups in total. The van der Waals surface area contributed by atoms with Crippen LogP contribution in [0.15, 0.2) is 36.4 Å². The number of aromatic nitrogens is 3. The largest absolute Gasteiger partial charge is 0.370 e. The minimum atomic E-state index is -2.13. The second kappa shape index (κ2) is 12.8. The van der Waals surface area contributed by atoms with E-state index in [1.54, 1.807) is 24.3 Å². The highest BCUT2D eigenvalue weighted by Crippen LogP contribution is 2.51. The first-order valence-corrected chi connectivity index (χ1v) is 19.1. The predicted molar refractivity (Wildman–Crippen MR) is 197 cm³/mol. The van der Waals surface area contributed by atoms with E-state index >= 15 is 4.39 Å². The van der Waals surface area contributed by atoms with Crippen molar-refractivity contribution in [3.8, 4) is 17.2 Å². The number of fused-ring (bicyclic) bond motifs is 4. The molecule has 2 saturated carbocycles. The van der Waals surface area contributed by atoms with E-state index in [4.69, 9.17) is 35.7 Å². The molecule has 2 aliphatic carbocycles. The van der Waals surface area contributed by atoms with Gasteiger partial charge in [0.2, 0.25) is 5.91 Å². The average Bonchev–Trinajstić information content (AvgIpc) is 3.57. The molecule has 12 heteroatoms. The molecule has 0 spiro atoms. The lowest BCUT2D eigenvalue weighted by molar-refractivity contribution is -0.134. The van der Waals surface area contributed by atoms with Crippen LogP contribution in [0.4, 0.5) is 4.39 Å². The molecule has 0 radical (unpaired) electrons. The Morgan fingerprint density at radius 3 is 2.76 bits per heavy atom. The van der Waals surface area contributed by atoms with Gasteiger partial charge in [0.1, 0.15) is 5.52 Å². The van der Waals surface area contributed by atoms with E-state index in [1.165, 1.54) is 11.5 Å². The van der Waals surface area contributed by atoms with E-state index in [2.05, 4.69) is 26.4 Å².